The number of halogens is 1. The lowest BCUT2D eigenvalue weighted by Gasteiger charge is -2.20. The number of aryl methyl sites for hydroxylation is 1. The zero-order valence-corrected chi connectivity index (χ0v) is 12.1. The standard InChI is InChI=1S/C14H18ClN3O/c1-10(19)12-4-5-14(13(15)6-12)17(2)8-11-7-16-18(3)9-11/h4-7,9-10,19H,8H2,1-3H3/t10-/m0/s1. The van der Waals surface area contributed by atoms with E-state index in [9.17, 15) is 5.11 Å². The molecule has 0 saturated carbocycles. The summed E-state index contributed by atoms with van der Waals surface area (Å²) >= 11 is 6.27. The fraction of sp³-hybridized carbons (Fsp3) is 0.357. The summed E-state index contributed by atoms with van der Waals surface area (Å²) in [4.78, 5) is 2.06. The first-order chi connectivity index (χ1) is 8.97. The van der Waals surface area contributed by atoms with Gasteiger partial charge in [0.05, 0.1) is 23.0 Å². The number of aromatic nitrogens is 2. The molecule has 1 atom stereocenters. The molecule has 0 aliphatic carbocycles. The average molecular weight is 280 g/mol. The van der Waals surface area contributed by atoms with E-state index in [-0.39, 0.29) is 0 Å². The van der Waals surface area contributed by atoms with Crippen LogP contribution in [0.2, 0.25) is 5.02 Å². The number of hydrogen-bond acceptors (Lipinski definition) is 3. The summed E-state index contributed by atoms with van der Waals surface area (Å²) in [5.74, 6) is 0. The topological polar surface area (TPSA) is 41.3 Å². The van der Waals surface area contributed by atoms with Gasteiger partial charge in [-0.05, 0) is 24.6 Å². The third kappa shape index (κ3) is 3.28. The Labute approximate surface area is 118 Å². The van der Waals surface area contributed by atoms with Crippen LogP contribution >= 0.6 is 11.6 Å². The highest BCUT2D eigenvalue weighted by Gasteiger charge is 2.10. The maximum atomic E-state index is 9.53. The number of rotatable bonds is 4. The van der Waals surface area contributed by atoms with Crippen molar-refractivity contribution in [3.63, 3.8) is 0 Å². The molecular formula is C14H18ClN3O. The smallest absolute Gasteiger partial charge is 0.0762 e. The molecule has 0 unspecified atom stereocenters. The lowest BCUT2D eigenvalue weighted by Crippen LogP contribution is -2.16. The zero-order chi connectivity index (χ0) is 14.0. The molecule has 1 N–H and O–H groups in total. The molecule has 1 aromatic heterocycles. The van der Waals surface area contributed by atoms with Gasteiger partial charge in [0, 0.05) is 32.4 Å². The van der Waals surface area contributed by atoms with Crippen LogP contribution < -0.4 is 4.90 Å². The van der Waals surface area contributed by atoms with Crippen LogP contribution in [0.1, 0.15) is 24.2 Å². The van der Waals surface area contributed by atoms with Crippen LogP contribution in [-0.2, 0) is 13.6 Å². The average Bonchev–Trinajstić information content (AvgIpc) is 2.74. The molecule has 0 bridgehead atoms. The van der Waals surface area contributed by atoms with Gasteiger partial charge in [-0.2, -0.15) is 5.10 Å². The van der Waals surface area contributed by atoms with Crippen LogP contribution in [0.3, 0.4) is 0 Å². The van der Waals surface area contributed by atoms with E-state index in [0.29, 0.717) is 5.02 Å². The Morgan fingerprint density at radius 3 is 2.74 bits per heavy atom. The van der Waals surface area contributed by atoms with Crippen LogP contribution in [0.5, 0.6) is 0 Å². The molecule has 4 nitrogen and oxygen atoms in total. The molecule has 0 radical (unpaired) electrons. The van der Waals surface area contributed by atoms with Crippen molar-refractivity contribution < 1.29 is 5.11 Å². The number of aliphatic hydroxyl groups excluding tert-OH is 1. The van der Waals surface area contributed by atoms with Gasteiger partial charge >= 0.3 is 0 Å². The number of nitrogens with zero attached hydrogens (tertiary/aromatic N) is 3. The second-order valence-corrected chi connectivity index (χ2v) is 5.17. The van der Waals surface area contributed by atoms with Crippen LogP contribution in [0, 0.1) is 0 Å². The molecule has 2 rings (SSSR count). The van der Waals surface area contributed by atoms with Gasteiger partial charge in [0.2, 0.25) is 0 Å². The van der Waals surface area contributed by atoms with Gasteiger partial charge in [-0.3, -0.25) is 4.68 Å². The number of anilines is 1. The molecule has 0 amide bonds. The third-order valence-electron chi connectivity index (χ3n) is 3.04. The third-order valence-corrected chi connectivity index (χ3v) is 3.35. The molecule has 1 aromatic carbocycles. The molecule has 0 fully saturated rings. The van der Waals surface area contributed by atoms with E-state index >= 15 is 0 Å². The molecule has 2 aromatic rings. The van der Waals surface area contributed by atoms with E-state index in [1.807, 2.05) is 38.6 Å². The van der Waals surface area contributed by atoms with Crippen molar-refractivity contribution in [1.82, 2.24) is 9.78 Å². The van der Waals surface area contributed by atoms with E-state index < -0.39 is 6.10 Å². The first-order valence-electron chi connectivity index (χ1n) is 6.13. The number of aliphatic hydroxyl groups is 1. The molecule has 5 heteroatoms. The van der Waals surface area contributed by atoms with E-state index in [1.165, 1.54) is 0 Å². The fourth-order valence-corrected chi connectivity index (χ4v) is 2.34. The Kier molecular flexibility index (Phi) is 4.12. The Bertz CT molecular complexity index is 566. The normalized spacial score (nSPS) is 12.5. The summed E-state index contributed by atoms with van der Waals surface area (Å²) in [6.07, 6.45) is 3.32. The summed E-state index contributed by atoms with van der Waals surface area (Å²) in [6, 6.07) is 5.63. The highest BCUT2D eigenvalue weighted by molar-refractivity contribution is 6.33. The van der Waals surface area contributed by atoms with Crippen molar-refractivity contribution in [3.05, 3.63) is 46.7 Å². The SMILES string of the molecule is C[C@H](O)c1ccc(N(C)Cc2cnn(C)c2)c(Cl)c1. The molecule has 102 valence electrons. The predicted molar refractivity (Wildman–Crippen MR) is 77.4 cm³/mol. The van der Waals surface area contributed by atoms with E-state index in [0.717, 1.165) is 23.4 Å². The summed E-state index contributed by atoms with van der Waals surface area (Å²) < 4.78 is 1.78. The maximum absolute atomic E-state index is 9.53. The molecule has 0 aliphatic rings. The lowest BCUT2D eigenvalue weighted by molar-refractivity contribution is 0.199. The van der Waals surface area contributed by atoms with Crippen LogP contribution in [0.15, 0.2) is 30.6 Å². The summed E-state index contributed by atoms with van der Waals surface area (Å²) in [5.41, 5.74) is 2.89. The van der Waals surface area contributed by atoms with Crippen molar-refractivity contribution in [2.45, 2.75) is 19.6 Å². The van der Waals surface area contributed by atoms with Gasteiger partial charge in [-0.25, -0.2) is 0 Å². The van der Waals surface area contributed by atoms with Gasteiger partial charge in [0.1, 0.15) is 0 Å². The van der Waals surface area contributed by atoms with Crippen molar-refractivity contribution in [3.8, 4) is 0 Å². The molecule has 19 heavy (non-hydrogen) atoms. The first kappa shape index (κ1) is 13.9. The van der Waals surface area contributed by atoms with E-state index in [4.69, 9.17) is 11.6 Å². The predicted octanol–water partition coefficient (Wildman–Crippen LogP) is 2.76. The largest absolute Gasteiger partial charge is 0.389 e. The second kappa shape index (κ2) is 5.63. The molecule has 0 spiro atoms. The molecular weight excluding hydrogens is 262 g/mol. The Hall–Kier alpha value is -1.52. The minimum Gasteiger partial charge on any atom is -0.389 e. The summed E-state index contributed by atoms with van der Waals surface area (Å²) in [6.45, 7) is 2.46. The fourth-order valence-electron chi connectivity index (χ4n) is 2.01. The van der Waals surface area contributed by atoms with Crippen LogP contribution in [0.4, 0.5) is 5.69 Å². The van der Waals surface area contributed by atoms with Gasteiger partial charge < -0.3 is 10.0 Å². The van der Waals surface area contributed by atoms with E-state index in [2.05, 4.69) is 10.00 Å². The first-order valence-corrected chi connectivity index (χ1v) is 6.51. The van der Waals surface area contributed by atoms with Gasteiger partial charge in [0.15, 0.2) is 0 Å². The second-order valence-electron chi connectivity index (χ2n) is 4.77. The zero-order valence-electron chi connectivity index (χ0n) is 11.3. The minimum atomic E-state index is -0.504. The van der Waals surface area contributed by atoms with Crippen molar-refractivity contribution in [2.24, 2.45) is 7.05 Å². The van der Waals surface area contributed by atoms with Gasteiger partial charge in [-0.1, -0.05) is 17.7 Å². The molecule has 1 heterocycles. The van der Waals surface area contributed by atoms with Crippen LogP contribution in [-0.4, -0.2) is 21.9 Å². The van der Waals surface area contributed by atoms with Crippen LogP contribution in [0.25, 0.3) is 0 Å². The summed E-state index contributed by atoms with van der Waals surface area (Å²) in [5, 5.41) is 14.3. The number of hydrogen-bond donors (Lipinski definition) is 1. The highest BCUT2D eigenvalue weighted by Crippen LogP contribution is 2.29. The summed E-state index contributed by atoms with van der Waals surface area (Å²) in [7, 11) is 3.88. The van der Waals surface area contributed by atoms with Gasteiger partial charge in [-0.15, -0.1) is 0 Å². The maximum Gasteiger partial charge on any atom is 0.0762 e. The Morgan fingerprint density at radius 2 is 2.21 bits per heavy atom. The molecule has 0 aliphatic heterocycles. The minimum absolute atomic E-state index is 0.504. The highest BCUT2D eigenvalue weighted by atomic mass is 35.5. The Morgan fingerprint density at radius 1 is 1.47 bits per heavy atom. The monoisotopic (exact) mass is 279 g/mol. The van der Waals surface area contributed by atoms with Gasteiger partial charge in [0.25, 0.3) is 0 Å². The van der Waals surface area contributed by atoms with Crippen molar-refractivity contribution in [2.75, 3.05) is 11.9 Å². The quantitative estimate of drug-likeness (QED) is 0.936. The van der Waals surface area contributed by atoms with Crippen molar-refractivity contribution in [1.29, 1.82) is 0 Å². The Balaban J connectivity index is 2.17. The lowest BCUT2D eigenvalue weighted by atomic mass is 10.1. The number of benzene rings is 1. The van der Waals surface area contributed by atoms with E-state index in [1.54, 1.807) is 17.7 Å². The molecule has 0 saturated heterocycles. The van der Waals surface area contributed by atoms with Crippen molar-refractivity contribution >= 4 is 17.3 Å².